The molecule has 1 saturated carbocycles. The standard InChI is InChI=1S/C16H24N4O/c1-16(5-2-3-6-16)15(21)20-10-8-19(9-11-20)14-4-7-18-12-13(14)17/h4,7,12H,2-3,5-6,8-11,17H2,1H3. The lowest BCUT2D eigenvalue weighted by molar-refractivity contribution is -0.141. The van der Waals surface area contributed by atoms with Gasteiger partial charge in [-0.15, -0.1) is 0 Å². The second-order valence-electron chi connectivity index (χ2n) is 6.48. The Kier molecular flexibility index (Phi) is 3.74. The van der Waals surface area contributed by atoms with E-state index in [1.165, 1.54) is 12.8 Å². The molecule has 2 N–H and O–H groups in total. The van der Waals surface area contributed by atoms with Gasteiger partial charge in [-0.3, -0.25) is 9.78 Å². The summed E-state index contributed by atoms with van der Waals surface area (Å²) in [5.74, 6) is 0.349. The summed E-state index contributed by atoms with van der Waals surface area (Å²) in [5, 5.41) is 0. The molecule has 1 aliphatic carbocycles. The van der Waals surface area contributed by atoms with Crippen molar-refractivity contribution in [1.82, 2.24) is 9.88 Å². The fourth-order valence-electron chi connectivity index (χ4n) is 3.59. The van der Waals surface area contributed by atoms with Crippen LogP contribution in [-0.2, 0) is 4.79 Å². The first-order valence-corrected chi connectivity index (χ1v) is 7.84. The zero-order chi connectivity index (χ0) is 14.9. The number of hydrogen-bond donors (Lipinski definition) is 1. The van der Waals surface area contributed by atoms with Crippen molar-refractivity contribution in [2.45, 2.75) is 32.6 Å². The number of rotatable bonds is 2. The third-order valence-electron chi connectivity index (χ3n) is 4.96. The molecule has 1 aliphatic heterocycles. The van der Waals surface area contributed by atoms with Crippen LogP contribution >= 0.6 is 0 Å². The van der Waals surface area contributed by atoms with Crippen molar-refractivity contribution in [1.29, 1.82) is 0 Å². The van der Waals surface area contributed by atoms with Gasteiger partial charge >= 0.3 is 0 Å². The highest BCUT2D eigenvalue weighted by Gasteiger charge is 2.39. The number of piperazine rings is 1. The van der Waals surface area contributed by atoms with E-state index in [0.29, 0.717) is 11.6 Å². The number of carbonyl (C=O) groups excluding carboxylic acids is 1. The van der Waals surface area contributed by atoms with E-state index >= 15 is 0 Å². The Bertz CT molecular complexity index is 517. The van der Waals surface area contributed by atoms with Gasteiger partial charge in [0.15, 0.2) is 0 Å². The number of amides is 1. The number of nitrogens with two attached hydrogens (primary N) is 1. The molecule has 21 heavy (non-hydrogen) atoms. The van der Waals surface area contributed by atoms with Crippen molar-refractivity contribution in [3.63, 3.8) is 0 Å². The Morgan fingerprint density at radius 2 is 1.90 bits per heavy atom. The molecule has 1 amide bonds. The van der Waals surface area contributed by atoms with Gasteiger partial charge in [-0.1, -0.05) is 19.8 Å². The molecule has 2 aliphatic rings. The molecule has 2 fully saturated rings. The topological polar surface area (TPSA) is 62.5 Å². The fraction of sp³-hybridized carbons (Fsp3) is 0.625. The van der Waals surface area contributed by atoms with Gasteiger partial charge in [0.1, 0.15) is 0 Å². The quantitative estimate of drug-likeness (QED) is 0.902. The van der Waals surface area contributed by atoms with Crippen molar-refractivity contribution in [2.75, 3.05) is 36.8 Å². The van der Waals surface area contributed by atoms with Crippen molar-refractivity contribution in [2.24, 2.45) is 5.41 Å². The van der Waals surface area contributed by atoms with Crippen LogP contribution in [0, 0.1) is 5.41 Å². The normalized spacial score (nSPS) is 21.6. The summed E-state index contributed by atoms with van der Waals surface area (Å²) in [5.41, 5.74) is 7.61. The maximum Gasteiger partial charge on any atom is 0.228 e. The van der Waals surface area contributed by atoms with Gasteiger partial charge in [0, 0.05) is 37.8 Å². The van der Waals surface area contributed by atoms with Crippen LogP contribution in [0.15, 0.2) is 18.5 Å². The third-order valence-corrected chi connectivity index (χ3v) is 4.96. The third kappa shape index (κ3) is 2.69. The second-order valence-corrected chi connectivity index (χ2v) is 6.48. The molecule has 114 valence electrons. The smallest absolute Gasteiger partial charge is 0.228 e. The highest BCUT2D eigenvalue weighted by atomic mass is 16.2. The van der Waals surface area contributed by atoms with Gasteiger partial charge in [-0.05, 0) is 18.9 Å². The van der Waals surface area contributed by atoms with E-state index in [4.69, 9.17) is 5.73 Å². The van der Waals surface area contributed by atoms with Crippen LogP contribution < -0.4 is 10.6 Å². The van der Waals surface area contributed by atoms with Crippen LogP contribution in [0.3, 0.4) is 0 Å². The molecular weight excluding hydrogens is 264 g/mol. The Balaban J connectivity index is 1.63. The lowest BCUT2D eigenvalue weighted by Gasteiger charge is -2.39. The van der Waals surface area contributed by atoms with Gasteiger partial charge < -0.3 is 15.5 Å². The van der Waals surface area contributed by atoms with Crippen molar-refractivity contribution in [3.8, 4) is 0 Å². The average Bonchev–Trinajstić information content (AvgIpc) is 2.95. The van der Waals surface area contributed by atoms with Crippen LogP contribution in [0.4, 0.5) is 11.4 Å². The van der Waals surface area contributed by atoms with E-state index in [-0.39, 0.29) is 5.41 Å². The molecule has 2 heterocycles. The van der Waals surface area contributed by atoms with Crippen LogP contribution in [-0.4, -0.2) is 42.0 Å². The van der Waals surface area contributed by atoms with E-state index in [2.05, 4.69) is 16.8 Å². The number of carbonyl (C=O) groups is 1. The number of nitrogens with zero attached hydrogens (tertiary/aromatic N) is 3. The van der Waals surface area contributed by atoms with Gasteiger partial charge in [-0.2, -0.15) is 0 Å². The first-order chi connectivity index (χ1) is 10.1. The minimum atomic E-state index is -0.113. The molecule has 0 bridgehead atoms. The van der Waals surface area contributed by atoms with E-state index in [0.717, 1.165) is 44.7 Å². The Morgan fingerprint density at radius 1 is 1.24 bits per heavy atom. The molecule has 5 heteroatoms. The molecule has 0 aromatic carbocycles. The van der Waals surface area contributed by atoms with Gasteiger partial charge in [0.2, 0.25) is 5.91 Å². The van der Waals surface area contributed by atoms with Crippen molar-refractivity contribution < 1.29 is 4.79 Å². The number of hydrogen-bond acceptors (Lipinski definition) is 4. The molecule has 1 aromatic heterocycles. The highest BCUT2D eigenvalue weighted by Crippen LogP contribution is 2.39. The van der Waals surface area contributed by atoms with E-state index in [9.17, 15) is 4.79 Å². The Morgan fingerprint density at radius 3 is 2.52 bits per heavy atom. The molecule has 0 spiro atoms. The van der Waals surface area contributed by atoms with Gasteiger partial charge in [0.25, 0.3) is 0 Å². The molecule has 0 atom stereocenters. The number of aromatic nitrogens is 1. The molecule has 5 nitrogen and oxygen atoms in total. The van der Waals surface area contributed by atoms with E-state index in [1.54, 1.807) is 12.4 Å². The number of pyridine rings is 1. The zero-order valence-corrected chi connectivity index (χ0v) is 12.7. The molecule has 1 aromatic rings. The van der Waals surface area contributed by atoms with E-state index in [1.807, 2.05) is 11.0 Å². The first kappa shape index (κ1) is 14.2. The van der Waals surface area contributed by atoms with Crippen LogP contribution in [0.2, 0.25) is 0 Å². The van der Waals surface area contributed by atoms with Crippen molar-refractivity contribution >= 4 is 17.3 Å². The molecular formula is C16H24N4O. The summed E-state index contributed by atoms with van der Waals surface area (Å²) >= 11 is 0. The summed E-state index contributed by atoms with van der Waals surface area (Å²) in [6.07, 6.45) is 7.92. The predicted molar refractivity (Wildman–Crippen MR) is 84.0 cm³/mol. The van der Waals surface area contributed by atoms with Gasteiger partial charge in [-0.25, -0.2) is 0 Å². The highest BCUT2D eigenvalue weighted by molar-refractivity contribution is 5.83. The monoisotopic (exact) mass is 288 g/mol. The average molecular weight is 288 g/mol. The summed E-state index contributed by atoms with van der Waals surface area (Å²) in [6.45, 7) is 5.40. The molecule has 3 rings (SSSR count). The minimum Gasteiger partial charge on any atom is -0.396 e. The van der Waals surface area contributed by atoms with Crippen molar-refractivity contribution in [3.05, 3.63) is 18.5 Å². The fourth-order valence-corrected chi connectivity index (χ4v) is 3.59. The maximum atomic E-state index is 12.7. The first-order valence-electron chi connectivity index (χ1n) is 7.84. The second kappa shape index (κ2) is 5.54. The number of anilines is 2. The van der Waals surface area contributed by atoms with E-state index < -0.39 is 0 Å². The summed E-state index contributed by atoms with van der Waals surface area (Å²) in [4.78, 5) is 21.0. The molecule has 1 saturated heterocycles. The van der Waals surface area contributed by atoms with Crippen LogP contribution in [0.25, 0.3) is 0 Å². The predicted octanol–water partition coefficient (Wildman–Crippen LogP) is 1.89. The lowest BCUT2D eigenvalue weighted by Crippen LogP contribution is -2.52. The van der Waals surface area contributed by atoms with Crippen LogP contribution in [0.5, 0.6) is 0 Å². The number of nitrogen functional groups attached to an aromatic ring is 1. The maximum absolute atomic E-state index is 12.7. The van der Waals surface area contributed by atoms with Gasteiger partial charge in [0.05, 0.1) is 17.6 Å². The summed E-state index contributed by atoms with van der Waals surface area (Å²) in [6, 6.07) is 1.95. The Labute approximate surface area is 126 Å². The SMILES string of the molecule is CC1(C(=O)N2CCN(c3ccncc3N)CC2)CCCC1. The minimum absolute atomic E-state index is 0.113. The largest absolute Gasteiger partial charge is 0.396 e. The Hall–Kier alpha value is -1.78. The zero-order valence-electron chi connectivity index (χ0n) is 12.7. The summed E-state index contributed by atoms with van der Waals surface area (Å²) in [7, 11) is 0. The molecule has 0 unspecified atom stereocenters. The summed E-state index contributed by atoms with van der Waals surface area (Å²) < 4.78 is 0. The lowest BCUT2D eigenvalue weighted by atomic mass is 9.87. The van der Waals surface area contributed by atoms with Crippen LogP contribution in [0.1, 0.15) is 32.6 Å². The molecule has 0 radical (unpaired) electrons.